The summed E-state index contributed by atoms with van der Waals surface area (Å²) in [5.74, 6) is 0.597. The van der Waals surface area contributed by atoms with E-state index in [1.807, 2.05) is 12.3 Å². The number of rotatable bonds is 1. The quantitative estimate of drug-likeness (QED) is 0.669. The van der Waals surface area contributed by atoms with Gasteiger partial charge in [-0.25, -0.2) is 4.52 Å². The van der Waals surface area contributed by atoms with Crippen molar-refractivity contribution in [3.63, 3.8) is 0 Å². The summed E-state index contributed by atoms with van der Waals surface area (Å²) in [5, 5.41) is 4.38. The molecule has 0 N–H and O–H groups in total. The van der Waals surface area contributed by atoms with Crippen LogP contribution >= 0.6 is 0 Å². The molecular weight excluding hydrogens is 178 g/mol. The molecule has 3 rings (SSSR count). The van der Waals surface area contributed by atoms with Gasteiger partial charge in [-0.05, 0) is 18.9 Å². The molecule has 0 amide bonds. The van der Waals surface area contributed by atoms with E-state index in [4.69, 9.17) is 0 Å². The molecule has 0 aromatic carbocycles. The minimum Gasteiger partial charge on any atom is -0.315 e. The first-order chi connectivity index (χ1) is 6.75. The van der Waals surface area contributed by atoms with Crippen LogP contribution in [-0.4, -0.2) is 14.2 Å². The molecular formula is C10H11N3O. The Morgan fingerprint density at radius 1 is 1.43 bits per heavy atom. The van der Waals surface area contributed by atoms with E-state index < -0.39 is 0 Å². The fourth-order valence-electron chi connectivity index (χ4n) is 1.68. The van der Waals surface area contributed by atoms with Crippen LogP contribution in [0.5, 0.6) is 0 Å². The molecule has 0 atom stereocenters. The molecule has 0 unspecified atom stereocenters. The number of aromatic nitrogens is 3. The van der Waals surface area contributed by atoms with Gasteiger partial charge < -0.3 is 4.57 Å². The molecule has 1 fully saturated rings. The smallest absolute Gasteiger partial charge is 0.276 e. The van der Waals surface area contributed by atoms with Gasteiger partial charge in [0.15, 0.2) is 0 Å². The Hall–Kier alpha value is -1.58. The first-order valence-electron chi connectivity index (χ1n) is 4.80. The molecule has 14 heavy (non-hydrogen) atoms. The molecule has 2 aromatic heterocycles. The molecule has 72 valence electrons. The maximum atomic E-state index is 11.7. The zero-order valence-corrected chi connectivity index (χ0v) is 7.97. The van der Waals surface area contributed by atoms with Gasteiger partial charge in [0.05, 0.1) is 5.69 Å². The minimum absolute atomic E-state index is 0.0203. The van der Waals surface area contributed by atoms with E-state index in [9.17, 15) is 4.79 Å². The summed E-state index contributed by atoms with van der Waals surface area (Å²) in [6, 6.07) is 1.92. The monoisotopic (exact) mass is 189 g/mol. The third kappa shape index (κ3) is 0.999. The molecule has 2 aromatic rings. The number of hydrogen-bond donors (Lipinski definition) is 0. The van der Waals surface area contributed by atoms with E-state index >= 15 is 0 Å². The zero-order chi connectivity index (χ0) is 9.71. The number of hydrogen-bond acceptors (Lipinski definition) is 2. The number of fused-ring (bicyclic) bond motifs is 1. The van der Waals surface area contributed by atoms with Crippen molar-refractivity contribution < 1.29 is 0 Å². The van der Waals surface area contributed by atoms with Crippen molar-refractivity contribution in [1.82, 2.24) is 14.2 Å². The Balaban J connectivity index is 2.32. The van der Waals surface area contributed by atoms with Crippen LogP contribution in [0.15, 0.2) is 23.3 Å². The largest absolute Gasteiger partial charge is 0.315 e. The van der Waals surface area contributed by atoms with Gasteiger partial charge in [0, 0.05) is 25.4 Å². The molecule has 1 aliphatic rings. The van der Waals surface area contributed by atoms with Gasteiger partial charge in [0.25, 0.3) is 5.56 Å². The lowest BCUT2D eigenvalue weighted by molar-refractivity contribution is 0.810. The number of aryl methyl sites for hydroxylation is 1. The summed E-state index contributed by atoms with van der Waals surface area (Å²) >= 11 is 0. The van der Waals surface area contributed by atoms with E-state index in [0.717, 1.165) is 5.69 Å². The second kappa shape index (κ2) is 2.47. The SMILES string of the molecule is Cn1ccn2nc(C3CC3)cc2c1=O. The van der Waals surface area contributed by atoms with Crippen molar-refractivity contribution in [3.8, 4) is 0 Å². The molecule has 4 nitrogen and oxygen atoms in total. The van der Waals surface area contributed by atoms with Crippen LogP contribution < -0.4 is 5.56 Å². The Kier molecular flexibility index (Phi) is 1.37. The third-order valence-corrected chi connectivity index (χ3v) is 2.72. The van der Waals surface area contributed by atoms with E-state index in [1.54, 1.807) is 22.3 Å². The highest BCUT2D eigenvalue weighted by atomic mass is 16.1. The maximum Gasteiger partial charge on any atom is 0.276 e. The average molecular weight is 189 g/mol. The third-order valence-electron chi connectivity index (χ3n) is 2.72. The lowest BCUT2D eigenvalue weighted by Gasteiger charge is -1.95. The normalized spacial score (nSPS) is 16.4. The van der Waals surface area contributed by atoms with E-state index in [1.165, 1.54) is 12.8 Å². The minimum atomic E-state index is 0.0203. The van der Waals surface area contributed by atoms with Gasteiger partial charge in [-0.3, -0.25) is 4.79 Å². The molecule has 0 radical (unpaired) electrons. The standard InChI is InChI=1S/C10H11N3O/c1-12-4-5-13-9(10(12)14)6-8(11-13)7-2-3-7/h4-7H,2-3H2,1H3. The molecule has 1 saturated carbocycles. The predicted octanol–water partition coefficient (Wildman–Crippen LogP) is 0.910. The van der Waals surface area contributed by atoms with E-state index in [2.05, 4.69) is 5.10 Å². The van der Waals surface area contributed by atoms with Crippen molar-refractivity contribution in [2.75, 3.05) is 0 Å². The fraction of sp³-hybridized carbons (Fsp3) is 0.400. The number of nitrogens with zero attached hydrogens (tertiary/aromatic N) is 3. The van der Waals surface area contributed by atoms with Crippen LogP contribution in [0.3, 0.4) is 0 Å². The van der Waals surface area contributed by atoms with Crippen LogP contribution in [0.25, 0.3) is 5.52 Å². The molecule has 0 bridgehead atoms. The van der Waals surface area contributed by atoms with Gasteiger partial charge in [-0.1, -0.05) is 0 Å². The van der Waals surface area contributed by atoms with Crippen LogP contribution in [-0.2, 0) is 7.05 Å². The highest BCUT2D eigenvalue weighted by molar-refractivity contribution is 5.46. The van der Waals surface area contributed by atoms with Crippen LogP contribution in [0.1, 0.15) is 24.5 Å². The van der Waals surface area contributed by atoms with Crippen LogP contribution in [0, 0.1) is 0 Å². The summed E-state index contributed by atoms with van der Waals surface area (Å²) in [5.41, 5.74) is 1.76. The lowest BCUT2D eigenvalue weighted by atomic mass is 10.3. The van der Waals surface area contributed by atoms with Gasteiger partial charge in [0.1, 0.15) is 5.52 Å². The predicted molar refractivity (Wildman–Crippen MR) is 52.4 cm³/mol. The second-order valence-electron chi connectivity index (χ2n) is 3.89. The van der Waals surface area contributed by atoms with Crippen molar-refractivity contribution >= 4 is 5.52 Å². The summed E-state index contributed by atoms with van der Waals surface area (Å²) in [4.78, 5) is 11.7. The highest BCUT2D eigenvalue weighted by Crippen LogP contribution is 2.39. The Bertz CT molecular complexity index is 548. The fourth-order valence-corrected chi connectivity index (χ4v) is 1.68. The van der Waals surface area contributed by atoms with E-state index in [0.29, 0.717) is 11.4 Å². The first-order valence-corrected chi connectivity index (χ1v) is 4.80. The summed E-state index contributed by atoms with van der Waals surface area (Å²) in [7, 11) is 1.76. The average Bonchev–Trinajstić information content (AvgIpc) is 2.93. The summed E-state index contributed by atoms with van der Waals surface area (Å²) in [6.07, 6.45) is 5.98. The van der Waals surface area contributed by atoms with Crippen molar-refractivity contribution in [1.29, 1.82) is 0 Å². The highest BCUT2D eigenvalue weighted by Gasteiger charge is 2.26. The molecule has 4 heteroatoms. The lowest BCUT2D eigenvalue weighted by Crippen LogP contribution is -2.17. The van der Waals surface area contributed by atoms with Crippen molar-refractivity contribution in [2.24, 2.45) is 7.05 Å². The van der Waals surface area contributed by atoms with Crippen molar-refractivity contribution in [2.45, 2.75) is 18.8 Å². The van der Waals surface area contributed by atoms with Crippen LogP contribution in [0.4, 0.5) is 0 Å². The molecule has 1 aliphatic carbocycles. The molecule has 0 saturated heterocycles. The molecule has 2 heterocycles. The topological polar surface area (TPSA) is 39.3 Å². The summed E-state index contributed by atoms with van der Waals surface area (Å²) < 4.78 is 3.25. The van der Waals surface area contributed by atoms with Crippen LogP contribution in [0.2, 0.25) is 0 Å². The molecule has 0 spiro atoms. The van der Waals surface area contributed by atoms with E-state index in [-0.39, 0.29) is 5.56 Å². The Labute approximate surface area is 80.8 Å². The zero-order valence-electron chi connectivity index (χ0n) is 7.97. The van der Waals surface area contributed by atoms with Crippen molar-refractivity contribution in [3.05, 3.63) is 34.5 Å². The summed E-state index contributed by atoms with van der Waals surface area (Å²) in [6.45, 7) is 0. The Morgan fingerprint density at radius 3 is 2.93 bits per heavy atom. The van der Waals surface area contributed by atoms with Gasteiger partial charge in [-0.15, -0.1) is 0 Å². The first kappa shape index (κ1) is 7.79. The second-order valence-corrected chi connectivity index (χ2v) is 3.89. The van der Waals surface area contributed by atoms with Gasteiger partial charge in [0.2, 0.25) is 0 Å². The van der Waals surface area contributed by atoms with Gasteiger partial charge >= 0.3 is 0 Å². The van der Waals surface area contributed by atoms with Gasteiger partial charge in [-0.2, -0.15) is 5.10 Å². The maximum absolute atomic E-state index is 11.7. The molecule has 0 aliphatic heterocycles. The Morgan fingerprint density at radius 2 is 2.21 bits per heavy atom.